The number of rotatable bonds is 4. The van der Waals surface area contributed by atoms with Crippen LogP contribution >= 0.6 is 23.2 Å². The first kappa shape index (κ1) is 12.8. The lowest BCUT2D eigenvalue weighted by Crippen LogP contribution is -2.30. The highest BCUT2D eigenvalue weighted by molar-refractivity contribution is 6.36. The predicted octanol–water partition coefficient (Wildman–Crippen LogP) is 2.64. The first-order valence-corrected chi connectivity index (χ1v) is 5.57. The zero-order valence-electron chi connectivity index (χ0n) is 8.63. The van der Waals surface area contributed by atoms with Crippen molar-refractivity contribution in [2.75, 3.05) is 6.54 Å². The van der Waals surface area contributed by atoms with Gasteiger partial charge in [-0.2, -0.15) is 0 Å². The van der Waals surface area contributed by atoms with E-state index >= 15 is 0 Å². The van der Waals surface area contributed by atoms with Crippen LogP contribution in [0.1, 0.15) is 18.9 Å². The molecular weight excluding hydrogens is 233 g/mol. The number of halogens is 2. The van der Waals surface area contributed by atoms with Crippen molar-refractivity contribution in [3.8, 4) is 0 Å². The number of benzene rings is 1. The second kappa shape index (κ2) is 5.17. The monoisotopic (exact) mass is 247 g/mol. The Morgan fingerprint density at radius 3 is 2.33 bits per heavy atom. The Bertz CT molecular complexity index is 319. The fourth-order valence-corrected chi connectivity index (χ4v) is 2.01. The molecule has 1 aromatic carbocycles. The van der Waals surface area contributed by atoms with Crippen LogP contribution in [0.4, 0.5) is 0 Å². The Balaban J connectivity index is 2.89. The van der Waals surface area contributed by atoms with Gasteiger partial charge in [0.2, 0.25) is 0 Å². The number of hydrogen-bond donors (Lipinski definition) is 2. The molecule has 1 aromatic rings. The lowest BCUT2D eigenvalue weighted by atomic mass is 9.93. The lowest BCUT2D eigenvalue weighted by Gasteiger charge is -2.23. The van der Waals surface area contributed by atoms with Crippen molar-refractivity contribution in [1.82, 2.24) is 0 Å². The van der Waals surface area contributed by atoms with Crippen molar-refractivity contribution in [2.24, 2.45) is 5.73 Å². The van der Waals surface area contributed by atoms with E-state index in [4.69, 9.17) is 28.9 Å². The van der Waals surface area contributed by atoms with Crippen molar-refractivity contribution in [1.29, 1.82) is 0 Å². The Kier molecular flexibility index (Phi) is 4.41. The van der Waals surface area contributed by atoms with E-state index in [9.17, 15) is 5.11 Å². The van der Waals surface area contributed by atoms with Crippen LogP contribution in [0.15, 0.2) is 18.2 Å². The SMILES string of the molecule is CC(O)(CCN)Cc1c(Cl)cccc1Cl. The largest absolute Gasteiger partial charge is 0.390 e. The summed E-state index contributed by atoms with van der Waals surface area (Å²) in [7, 11) is 0. The molecular formula is C11H15Cl2NO. The van der Waals surface area contributed by atoms with Crippen LogP contribution in [-0.4, -0.2) is 17.3 Å². The molecule has 1 unspecified atom stereocenters. The van der Waals surface area contributed by atoms with Crippen molar-refractivity contribution in [3.05, 3.63) is 33.8 Å². The topological polar surface area (TPSA) is 46.2 Å². The molecule has 0 heterocycles. The summed E-state index contributed by atoms with van der Waals surface area (Å²) >= 11 is 12.0. The van der Waals surface area contributed by atoms with Crippen LogP contribution in [0, 0.1) is 0 Å². The second-order valence-corrected chi connectivity index (χ2v) is 4.73. The highest BCUT2D eigenvalue weighted by Gasteiger charge is 2.22. The zero-order chi connectivity index (χ0) is 11.5. The Hall–Kier alpha value is -0.280. The summed E-state index contributed by atoms with van der Waals surface area (Å²) in [6.07, 6.45) is 0.942. The quantitative estimate of drug-likeness (QED) is 0.860. The van der Waals surface area contributed by atoms with Gasteiger partial charge in [0.1, 0.15) is 0 Å². The van der Waals surface area contributed by atoms with E-state index in [0.717, 1.165) is 5.56 Å². The Morgan fingerprint density at radius 2 is 1.87 bits per heavy atom. The molecule has 0 saturated carbocycles. The predicted molar refractivity (Wildman–Crippen MR) is 64.5 cm³/mol. The molecule has 84 valence electrons. The number of nitrogens with two attached hydrogens (primary N) is 1. The Labute approximate surface area is 100.0 Å². The van der Waals surface area contributed by atoms with Crippen LogP contribution in [-0.2, 0) is 6.42 Å². The van der Waals surface area contributed by atoms with Gasteiger partial charge in [0, 0.05) is 16.5 Å². The van der Waals surface area contributed by atoms with Crippen molar-refractivity contribution in [3.63, 3.8) is 0 Å². The minimum Gasteiger partial charge on any atom is -0.390 e. The number of aliphatic hydroxyl groups is 1. The maximum Gasteiger partial charge on any atom is 0.0673 e. The molecule has 0 amide bonds. The van der Waals surface area contributed by atoms with Gasteiger partial charge in [0.05, 0.1) is 5.60 Å². The van der Waals surface area contributed by atoms with E-state index in [1.165, 1.54) is 0 Å². The minimum atomic E-state index is -0.858. The highest BCUT2D eigenvalue weighted by Crippen LogP contribution is 2.28. The van der Waals surface area contributed by atoms with E-state index in [2.05, 4.69) is 0 Å². The van der Waals surface area contributed by atoms with Gasteiger partial charge in [-0.25, -0.2) is 0 Å². The summed E-state index contributed by atoms with van der Waals surface area (Å²) in [5.74, 6) is 0. The van der Waals surface area contributed by atoms with E-state index in [0.29, 0.717) is 29.4 Å². The van der Waals surface area contributed by atoms with Crippen molar-refractivity contribution in [2.45, 2.75) is 25.4 Å². The summed E-state index contributed by atoms with van der Waals surface area (Å²) in [5, 5.41) is 11.2. The minimum absolute atomic E-state index is 0.419. The molecule has 0 spiro atoms. The highest BCUT2D eigenvalue weighted by atomic mass is 35.5. The van der Waals surface area contributed by atoms with Gasteiger partial charge < -0.3 is 10.8 Å². The van der Waals surface area contributed by atoms with E-state index < -0.39 is 5.60 Å². The molecule has 2 nitrogen and oxygen atoms in total. The lowest BCUT2D eigenvalue weighted by molar-refractivity contribution is 0.0539. The third-order valence-electron chi connectivity index (χ3n) is 2.30. The average Bonchev–Trinajstić information content (AvgIpc) is 2.11. The van der Waals surface area contributed by atoms with Crippen LogP contribution < -0.4 is 5.73 Å². The summed E-state index contributed by atoms with van der Waals surface area (Å²) in [4.78, 5) is 0. The fraction of sp³-hybridized carbons (Fsp3) is 0.455. The van der Waals surface area contributed by atoms with Gasteiger partial charge in [-0.3, -0.25) is 0 Å². The molecule has 0 aliphatic rings. The normalized spacial score (nSPS) is 15.0. The smallest absolute Gasteiger partial charge is 0.0673 e. The zero-order valence-corrected chi connectivity index (χ0v) is 10.1. The molecule has 0 radical (unpaired) electrons. The molecule has 1 atom stereocenters. The molecule has 4 heteroatoms. The number of hydrogen-bond acceptors (Lipinski definition) is 2. The van der Waals surface area contributed by atoms with Gasteiger partial charge in [-0.05, 0) is 37.6 Å². The van der Waals surface area contributed by atoms with Crippen LogP contribution in [0.3, 0.4) is 0 Å². The molecule has 0 bridgehead atoms. The third kappa shape index (κ3) is 3.65. The summed E-state index contributed by atoms with van der Waals surface area (Å²) in [6.45, 7) is 2.18. The molecule has 0 saturated heterocycles. The molecule has 3 N–H and O–H groups in total. The van der Waals surface area contributed by atoms with E-state index in [1.54, 1.807) is 25.1 Å². The maximum atomic E-state index is 10.0. The first-order chi connectivity index (χ1) is 6.96. The van der Waals surface area contributed by atoms with Crippen molar-refractivity contribution >= 4 is 23.2 Å². The molecule has 0 aliphatic carbocycles. The summed E-state index contributed by atoms with van der Waals surface area (Å²) < 4.78 is 0. The Morgan fingerprint density at radius 1 is 1.33 bits per heavy atom. The van der Waals surface area contributed by atoms with Gasteiger partial charge in [0.15, 0.2) is 0 Å². The van der Waals surface area contributed by atoms with Crippen LogP contribution in [0.2, 0.25) is 10.0 Å². The molecule has 0 aliphatic heterocycles. The van der Waals surface area contributed by atoms with Gasteiger partial charge in [-0.1, -0.05) is 29.3 Å². The molecule has 0 fully saturated rings. The summed E-state index contributed by atoms with van der Waals surface area (Å²) in [6, 6.07) is 5.31. The average molecular weight is 248 g/mol. The second-order valence-electron chi connectivity index (χ2n) is 3.91. The fourth-order valence-electron chi connectivity index (χ4n) is 1.48. The van der Waals surface area contributed by atoms with E-state index in [-0.39, 0.29) is 0 Å². The van der Waals surface area contributed by atoms with E-state index in [1.807, 2.05) is 0 Å². The van der Waals surface area contributed by atoms with Gasteiger partial charge in [-0.15, -0.1) is 0 Å². The van der Waals surface area contributed by atoms with Crippen molar-refractivity contribution < 1.29 is 5.11 Å². The van der Waals surface area contributed by atoms with Crippen LogP contribution in [0.5, 0.6) is 0 Å². The molecule has 15 heavy (non-hydrogen) atoms. The standard InChI is InChI=1S/C11H15Cl2NO/c1-11(15,5-6-14)7-8-9(12)3-2-4-10(8)13/h2-4,15H,5-7,14H2,1H3. The van der Waals surface area contributed by atoms with Gasteiger partial charge in [0.25, 0.3) is 0 Å². The third-order valence-corrected chi connectivity index (χ3v) is 3.01. The van der Waals surface area contributed by atoms with Gasteiger partial charge >= 0.3 is 0 Å². The molecule has 1 rings (SSSR count). The van der Waals surface area contributed by atoms with Crippen LogP contribution in [0.25, 0.3) is 0 Å². The maximum absolute atomic E-state index is 10.0. The molecule has 0 aromatic heterocycles. The first-order valence-electron chi connectivity index (χ1n) is 4.81. The summed E-state index contributed by atoms with van der Waals surface area (Å²) in [5.41, 5.74) is 5.34.